The smallest absolute Gasteiger partial charge is 0.297 e. The molecule has 3 aromatic rings. The van der Waals surface area contributed by atoms with Crippen LogP contribution in [0.3, 0.4) is 0 Å². The maximum atomic E-state index is 6.40. The average Bonchev–Trinajstić information content (AvgIpc) is 3.33. The van der Waals surface area contributed by atoms with Crippen LogP contribution in [0.1, 0.15) is 44.3 Å². The van der Waals surface area contributed by atoms with Crippen molar-refractivity contribution in [3.05, 3.63) is 39.9 Å². The first-order chi connectivity index (χ1) is 12.5. The molecule has 0 bridgehead atoms. The molecule has 2 aromatic heterocycles. The van der Waals surface area contributed by atoms with E-state index in [4.69, 9.17) is 33.5 Å². The van der Waals surface area contributed by atoms with Gasteiger partial charge in [-0.05, 0) is 25.0 Å². The quantitative estimate of drug-likeness (QED) is 0.722. The molecular weight excluding hydrogens is 375 g/mol. The van der Waals surface area contributed by atoms with Crippen LogP contribution in [0.2, 0.25) is 10.0 Å². The lowest BCUT2D eigenvalue weighted by molar-refractivity contribution is 0.372. The molecule has 0 spiro atoms. The first kappa shape index (κ1) is 17.5. The van der Waals surface area contributed by atoms with Gasteiger partial charge in [0.05, 0.1) is 15.6 Å². The number of aromatic nitrogens is 5. The Hall–Kier alpha value is -1.96. The van der Waals surface area contributed by atoms with E-state index in [1.54, 1.807) is 22.9 Å². The minimum atomic E-state index is -0.524. The van der Waals surface area contributed by atoms with E-state index in [-0.39, 0.29) is 5.89 Å². The number of nitrogens with two attached hydrogens (primary N) is 1. The van der Waals surface area contributed by atoms with Crippen LogP contribution in [0, 0.1) is 0 Å². The second kappa shape index (κ2) is 6.64. The minimum Gasteiger partial charge on any atom is -0.330 e. The van der Waals surface area contributed by atoms with Crippen LogP contribution in [0.15, 0.2) is 22.7 Å². The van der Waals surface area contributed by atoms with Gasteiger partial charge in [0.25, 0.3) is 5.89 Å². The molecule has 2 N–H and O–H groups in total. The first-order valence-electron chi connectivity index (χ1n) is 8.55. The lowest BCUT2D eigenvalue weighted by Crippen LogP contribution is -2.34. The Morgan fingerprint density at radius 1 is 1.19 bits per heavy atom. The molecule has 1 aliphatic rings. The van der Waals surface area contributed by atoms with Crippen molar-refractivity contribution >= 4 is 23.2 Å². The molecule has 7 nitrogen and oxygen atoms in total. The summed E-state index contributed by atoms with van der Waals surface area (Å²) in [5.41, 5.74) is 6.45. The van der Waals surface area contributed by atoms with Crippen molar-refractivity contribution in [1.29, 1.82) is 0 Å². The summed E-state index contributed by atoms with van der Waals surface area (Å²) in [5.74, 6) is 1.78. The highest BCUT2D eigenvalue weighted by Crippen LogP contribution is 2.35. The van der Waals surface area contributed by atoms with Gasteiger partial charge in [0, 0.05) is 6.42 Å². The maximum Gasteiger partial charge on any atom is 0.297 e. The average molecular weight is 393 g/mol. The van der Waals surface area contributed by atoms with Crippen molar-refractivity contribution in [2.24, 2.45) is 5.73 Å². The van der Waals surface area contributed by atoms with E-state index in [0.29, 0.717) is 39.6 Å². The Balaban J connectivity index is 1.76. The predicted octanol–water partition coefficient (Wildman–Crippen LogP) is 3.91. The van der Waals surface area contributed by atoms with Gasteiger partial charge >= 0.3 is 0 Å². The normalized spacial score (nSPS) is 16.3. The minimum absolute atomic E-state index is 0.244. The fraction of sp³-hybridized carbons (Fsp3) is 0.412. The van der Waals surface area contributed by atoms with Crippen LogP contribution in [0.25, 0.3) is 17.4 Å². The number of halogens is 2. The van der Waals surface area contributed by atoms with Gasteiger partial charge in [-0.3, -0.25) is 0 Å². The van der Waals surface area contributed by atoms with E-state index in [2.05, 4.69) is 20.2 Å². The molecule has 0 radical (unpaired) electrons. The maximum absolute atomic E-state index is 6.40. The third-order valence-electron chi connectivity index (χ3n) is 4.70. The van der Waals surface area contributed by atoms with Crippen LogP contribution < -0.4 is 5.73 Å². The zero-order valence-electron chi connectivity index (χ0n) is 14.2. The standard InChI is InChI=1S/C17H18Cl2N6O/c1-2-12-21-14(23-25(12)13-10(18)6-5-7-11(13)19)15-22-16(24-26-15)17(20)8-3-4-9-17/h5-7H,2-4,8-9,20H2,1H3. The van der Waals surface area contributed by atoms with Crippen molar-refractivity contribution in [2.75, 3.05) is 0 Å². The van der Waals surface area contributed by atoms with E-state index in [1.807, 2.05) is 6.92 Å². The number of nitrogens with zero attached hydrogens (tertiary/aromatic N) is 5. The Kier molecular flexibility index (Phi) is 4.46. The van der Waals surface area contributed by atoms with Crippen molar-refractivity contribution in [3.8, 4) is 17.4 Å². The summed E-state index contributed by atoms with van der Waals surface area (Å²) in [6.07, 6.45) is 4.47. The van der Waals surface area contributed by atoms with E-state index in [9.17, 15) is 0 Å². The third kappa shape index (κ3) is 2.90. The van der Waals surface area contributed by atoms with Gasteiger partial charge in [-0.15, -0.1) is 5.10 Å². The topological polar surface area (TPSA) is 95.7 Å². The molecule has 2 heterocycles. The molecule has 0 amide bonds. The van der Waals surface area contributed by atoms with Gasteiger partial charge in [0.15, 0.2) is 5.82 Å². The Morgan fingerprint density at radius 2 is 1.88 bits per heavy atom. The van der Waals surface area contributed by atoms with Gasteiger partial charge in [-0.1, -0.05) is 54.2 Å². The number of hydrogen-bond acceptors (Lipinski definition) is 6. The summed E-state index contributed by atoms with van der Waals surface area (Å²) in [4.78, 5) is 8.97. The van der Waals surface area contributed by atoms with E-state index in [1.165, 1.54) is 0 Å². The molecule has 1 saturated carbocycles. The number of aryl methyl sites for hydroxylation is 1. The molecule has 26 heavy (non-hydrogen) atoms. The van der Waals surface area contributed by atoms with E-state index < -0.39 is 5.54 Å². The summed E-state index contributed by atoms with van der Waals surface area (Å²) in [7, 11) is 0. The van der Waals surface area contributed by atoms with Crippen molar-refractivity contribution < 1.29 is 4.52 Å². The molecular formula is C17H18Cl2N6O. The lowest BCUT2D eigenvalue weighted by atomic mass is 9.99. The van der Waals surface area contributed by atoms with Gasteiger partial charge in [-0.25, -0.2) is 9.67 Å². The molecule has 4 rings (SSSR count). The van der Waals surface area contributed by atoms with Gasteiger partial charge in [0.1, 0.15) is 11.5 Å². The SMILES string of the molecule is CCc1nc(-c2nc(C3(N)CCCC3)no2)nn1-c1c(Cl)cccc1Cl. The molecule has 1 aliphatic carbocycles. The van der Waals surface area contributed by atoms with Crippen LogP contribution in [0.4, 0.5) is 0 Å². The fourth-order valence-electron chi connectivity index (χ4n) is 3.28. The molecule has 0 atom stereocenters. The molecule has 0 unspecified atom stereocenters. The highest BCUT2D eigenvalue weighted by Gasteiger charge is 2.36. The third-order valence-corrected chi connectivity index (χ3v) is 5.31. The second-order valence-corrected chi connectivity index (χ2v) is 7.29. The molecule has 0 saturated heterocycles. The summed E-state index contributed by atoms with van der Waals surface area (Å²) in [5, 5.41) is 9.55. The largest absolute Gasteiger partial charge is 0.330 e. The highest BCUT2D eigenvalue weighted by molar-refractivity contribution is 6.37. The molecule has 1 fully saturated rings. The first-order valence-corrected chi connectivity index (χ1v) is 9.31. The monoisotopic (exact) mass is 392 g/mol. The van der Waals surface area contributed by atoms with Gasteiger partial charge < -0.3 is 10.3 Å². The van der Waals surface area contributed by atoms with Crippen LogP contribution in [0.5, 0.6) is 0 Å². The number of benzene rings is 1. The summed E-state index contributed by atoms with van der Waals surface area (Å²) in [6.45, 7) is 1.97. The number of rotatable bonds is 4. The lowest BCUT2D eigenvalue weighted by Gasteiger charge is -2.17. The highest BCUT2D eigenvalue weighted by atomic mass is 35.5. The molecule has 0 aliphatic heterocycles. The number of para-hydroxylation sites is 1. The molecule has 9 heteroatoms. The zero-order chi connectivity index (χ0) is 18.3. The fourth-order valence-corrected chi connectivity index (χ4v) is 3.84. The van der Waals surface area contributed by atoms with Gasteiger partial charge in [0.2, 0.25) is 5.82 Å². The summed E-state index contributed by atoms with van der Waals surface area (Å²) in [6, 6.07) is 5.30. The van der Waals surface area contributed by atoms with Crippen LogP contribution in [-0.2, 0) is 12.0 Å². The van der Waals surface area contributed by atoms with E-state index >= 15 is 0 Å². The summed E-state index contributed by atoms with van der Waals surface area (Å²) < 4.78 is 7.01. The zero-order valence-corrected chi connectivity index (χ0v) is 15.8. The summed E-state index contributed by atoms with van der Waals surface area (Å²) >= 11 is 12.6. The molecule has 1 aromatic carbocycles. The van der Waals surface area contributed by atoms with Crippen molar-refractivity contribution in [1.82, 2.24) is 24.9 Å². The van der Waals surface area contributed by atoms with Gasteiger partial charge in [-0.2, -0.15) is 4.98 Å². The molecule has 136 valence electrons. The van der Waals surface area contributed by atoms with E-state index in [0.717, 1.165) is 25.7 Å². The Bertz CT molecular complexity index is 924. The van der Waals surface area contributed by atoms with Crippen molar-refractivity contribution in [3.63, 3.8) is 0 Å². The predicted molar refractivity (Wildman–Crippen MR) is 98.4 cm³/mol. The Labute approximate surface area is 160 Å². The number of hydrogen-bond donors (Lipinski definition) is 1. The van der Waals surface area contributed by atoms with Crippen LogP contribution >= 0.6 is 23.2 Å². The Morgan fingerprint density at radius 3 is 2.54 bits per heavy atom. The van der Waals surface area contributed by atoms with Crippen LogP contribution in [-0.4, -0.2) is 24.9 Å². The second-order valence-electron chi connectivity index (χ2n) is 6.47. The van der Waals surface area contributed by atoms with Crippen molar-refractivity contribution in [2.45, 2.75) is 44.6 Å².